The summed E-state index contributed by atoms with van der Waals surface area (Å²) < 4.78 is 6.99. The summed E-state index contributed by atoms with van der Waals surface area (Å²) in [7, 11) is 1.42. The quantitative estimate of drug-likeness (QED) is 0.130. The van der Waals surface area contributed by atoms with Crippen molar-refractivity contribution in [2.24, 2.45) is 5.10 Å². The van der Waals surface area contributed by atoms with Crippen molar-refractivity contribution in [3.8, 4) is 17.2 Å². The average Bonchev–Trinajstić information content (AvgIpc) is 3.32. The number of phenols is 1. The summed E-state index contributed by atoms with van der Waals surface area (Å²) in [6.07, 6.45) is 1.41. The number of ether oxygens (including phenoxy) is 1. The van der Waals surface area contributed by atoms with E-state index in [9.17, 15) is 9.90 Å². The van der Waals surface area contributed by atoms with Gasteiger partial charge in [0.1, 0.15) is 0 Å². The predicted molar refractivity (Wildman–Crippen MR) is 151 cm³/mol. The van der Waals surface area contributed by atoms with Gasteiger partial charge in [-0.2, -0.15) is 5.10 Å². The largest absolute Gasteiger partial charge is 0.503 e. The van der Waals surface area contributed by atoms with Crippen molar-refractivity contribution in [1.29, 1.82) is 0 Å². The van der Waals surface area contributed by atoms with Gasteiger partial charge in [0.25, 0.3) is 5.91 Å². The molecule has 1 aromatic heterocycles. The van der Waals surface area contributed by atoms with Gasteiger partial charge in [-0.15, -0.1) is 10.2 Å². The zero-order chi connectivity index (χ0) is 27.1. The molecule has 1 atom stereocenters. The number of carbonyl (C=O) groups is 1. The van der Waals surface area contributed by atoms with E-state index < -0.39 is 5.25 Å². The van der Waals surface area contributed by atoms with E-state index in [1.54, 1.807) is 13.0 Å². The third-order valence-corrected chi connectivity index (χ3v) is 6.90. The van der Waals surface area contributed by atoms with Crippen LogP contribution in [0, 0.1) is 0 Å². The van der Waals surface area contributed by atoms with E-state index in [1.165, 1.54) is 31.2 Å². The highest BCUT2D eigenvalue weighted by atomic mass is 35.5. The maximum atomic E-state index is 12.8. The molecule has 12 heteroatoms. The Kier molecular flexibility index (Phi) is 9.11. The molecule has 0 aliphatic carbocycles. The van der Waals surface area contributed by atoms with Crippen LogP contribution in [-0.2, 0) is 11.3 Å². The van der Waals surface area contributed by atoms with E-state index in [1.807, 2.05) is 59.2 Å². The molecule has 0 radical (unpaired) electrons. The first-order valence-corrected chi connectivity index (χ1v) is 13.0. The van der Waals surface area contributed by atoms with Crippen LogP contribution in [-0.4, -0.2) is 44.4 Å². The molecule has 0 spiro atoms. The number of phenolic OH excluding ortho intramolecular Hbond substituents is 1. The summed E-state index contributed by atoms with van der Waals surface area (Å²) in [5.41, 5.74) is 4.84. The molecule has 0 saturated heterocycles. The minimum Gasteiger partial charge on any atom is -0.503 e. The van der Waals surface area contributed by atoms with Gasteiger partial charge in [0.2, 0.25) is 0 Å². The lowest BCUT2D eigenvalue weighted by atomic mass is 10.2. The van der Waals surface area contributed by atoms with Crippen molar-refractivity contribution in [1.82, 2.24) is 20.2 Å². The van der Waals surface area contributed by atoms with Crippen LogP contribution in [0.1, 0.15) is 18.3 Å². The third-order valence-electron chi connectivity index (χ3n) is 5.32. The summed E-state index contributed by atoms with van der Waals surface area (Å²) in [5, 5.41) is 26.7. The summed E-state index contributed by atoms with van der Waals surface area (Å²) in [6, 6.07) is 20.1. The number of para-hydroxylation sites is 1. The highest BCUT2D eigenvalue weighted by Gasteiger charge is 2.21. The fourth-order valence-electron chi connectivity index (χ4n) is 3.37. The number of hydrogen-bond donors (Lipinski definition) is 3. The van der Waals surface area contributed by atoms with Gasteiger partial charge < -0.3 is 15.2 Å². The van der Waals surface area contributed by atoms with Gasteiger partial charge in [-0.25, -0.2) is 5.43 Å². The second kappa shape index (κ2) is 12.7. The Morgan fingerprint density at radius 3 is 2.61 bits per heavy atom. The lowest BCUT2D eigenvalue weighted by Crippen LogP contribution is -2.27. The van der Waals surface area contributed by atoms with Gasteiger partial charge in [0.15, 0.2) is 22.5 Å². The SMILES string of the molecule is COc1cc(C=NNC(=O)C(C)Sc2nnc(CNc3ccc(Cl)cc3)n2-c2ccccc2)cc(Cl)c1O. The number of nitrogens with one attached hydrogen (secondary N) is 2. The average molecular weight is 571 g/mol. The molecule has 9 nitrogen and oxygen atoms in total. The van der Waals surface area contributed by atoms with Gasteiger partial charge >= 0.3 is 0 Å². The van der Waals surface area contributed by atoms with Gasteiger partial charge in [0.05, 0.1) is 30.1 Å². The highest BCUT2D eigenvalue weighted by molar-refractivity contribution is 8.00. The lowest BCUT2D eigenvalue weighted by molar-refractivity contribution is -0.120. The number of benzene rings is 3. The summed E-state index contributed by atoms with van der Waals surface area (Å²) >= 11 is 13.2. The number of aromatic hydroxyl groups is 1. The van der Waals surface area contributed by atoms with Crippen molar-refractivity contribution in [3.63, 3.8) is 0 Å². The first kappa shape index (κ1) is 27.3. The standard InChI is InChI=1S/C26H24Cl2N6O3S/c1-16(25(36)32-30-14-17-12-21(28)24(35)22(13-17)37-2)38-26-33-31-23(34(26)20-6-4-3-5-7-20)15-29-19-10-8-18(27)9-11-19/h3-14,16,29,35H,15H2,1-2H3,(H,32,36). The first-order chi connectivity index (χ1) is 18.4. The van der Waals surface area contributed by atoms with Crippen LogP contribution in [0.3, 0.4) is 0 Å². The van der Waals surface area contributed by atoms with Gasteiger partial charge in [0, 0.05) is 16.4 Å². The molecular weight excluding hydrogens is 547 g/mol. The Bertz CT molecular complexity index is 1430. The maximum Gasteiger partial charge on any atom is 0.253 e. The topological polar surface area (TPSA) is 114 Å². The Labute approximate surface area is 233 Å². The second-order valence-electron chi connectivity index (χ2n) is 7.98. The van der Waals surface area contributed by atoms with Crippen LogP contribution < -0.4 is 15.5 Å². The molecule has 0 bridgehead atoms. The number of amides is 1. The van der Waals surface area contributed by atoms with Crippen LogP contribution in [0.4, 0.5) is 5.69 Å². The predicted octanol–water partition coefficient (Wildman–Crippen LogP) is 5.53. The van der Waals surface area contributed by atoms with Gasteiger partial charge in [-0.1, -0.05) is 53.2 Å². The van der Waals surface area contributed by atoms with Crippen molar-refractivity contribution in [3.05, 3.63) is 88.2 Å². The molecule has 38 heavy (non-hydrogen) atoms. The number of nitrogens with zero attached hydrogens (tertiary/aromatic N) is 4. The van der Waals surface area contributed by atoms with E-state index in [4.69, 9.17) is 27.9 Å². The molecule has 1 unspecified atom stereocenters. The number of hydrazone groups is 1. The molecule has 0 aliphatic rings. The fourth-order valence-corrected chi connectivity index (χ4v) is 4.60. The Morgan fingerprint density at radius 2 is 1.89 bits per heavy atom. The number of hydrogen-bond acceptors (Lipinski definition) is 8. The minimum atomic E-state index is -0.533. The molecule has 196 valence electrons. The summed E-state index contributed by atoms with van der Waals surface area (Å²) in [5.74, 6) is 0.394. The number of carbonyl (C=O) groups excluding carboxylic acids is 1. The van der Waals surface area contributed by atoms with Crippen molar-refractivity contribution in [2.45, 2.75) is 23.9 Å². The number of rotatable bonds is 10. The van der Waals surface area contributed by atoms with Crippen LogP contribution >= 0.6 is 35.0 Å². The normalized spacial score (nSPS) is 11.9. The molecule has 3 N–H and O–H groups in total. The zero-order valence-electron chi connectivity index (χ0n) is 20.4. The number of anilines is 1. The lowest BCUT2D eigenvalue weighted by Gasteiger charge is -2.13. The molecular formula is C26H24Cl2N6O3S. The molecule has 0 aliphatic heterocycles. The van der Waals surface area contributed by atoms with Crippen molar-refractivity contribution < 1.29 is 14.6 Å². The van der Waals surface area contributed by atoms with Crippen LogP contribution in [0.2, 0.25) is 10.0 Å². The van der Waals surface area contributed by atoms with E-state index in [-0.39, 0.29) is 22.4 Å². The summed E-state index contributed by atoms with van der Waals surface area (Å²) in [6.45, 7) is 2.17. The molecule has 0 saturated carbocycles. The third kappa shape index (κ3) is 6.77. The van der Waals surface area contributed by atoms with Crippen molar-refractivity contribution in [2.75, 3.05) is 12.4 Å². The van der Waals surface area contributed by atoms with Crippen LogP contribution in [0.25, 0.3) is 5.69 Å². The fraction of sp³-hybridized carbons (Fsp3) is 0.154. The van der Waals surface area contributed by atoms with E-state index in [2.05, 4.69) is 26.0 Å². The number of aromatic nitrogens is 3. The summed E-state index contributed by atoms with van der Waals surface area (Å²) in [4.78, 5) is 12.8. The monoisotopic (exact) mass is 570 g/mol. The van der Waals surface area contributed by atoms with E-state index in [0.29, 0.717) is 28.1 Å². The molecule has 4 rings (SSSR count). The first-order valence-electron chi connectivity index (χ1n) is 11.4. The Balaban J connectivity index is 1.46. The highest BCUT2D eigenvalue weighted by Crippen LogP contribution is 2.34. The molecule has 1 heterocycles. The van der Waals surface area contributed by atoms with Gasteiger partial charge in [-0.05, 0) is 61.0 Å². The molecule has 4 aromatic rings. The van der Waals surface area contributed by atoms with E-state index in [0.717, 1.165) is 11.4 Å². The zero-order valence-corrected chi connectivity index (χ0v) is 22.8. The second-order valence-corrected chi connectivity index (χ2v) is 10.1. The Hall–Kier alpha value is -3.73. The minimum absolute atomic E-state index is 0.114. The molecule has 3 aromatic carbocycles. The number of thioether (sulfide) groups is 1. The van der Waals surface area contributed by atoms with Crippen LogP contribution in [0.5, 0.6) is 11.5 Å². The van der Waals surface area contributed by atoms with Crippen molar-refractivity contribution >= 4 is 52.8 Å². The van der Waals surface area contributed by atoms with Crippen LogP contribution in [0.15, 0.2) is 77.0 Å². The van der Waals surface area contributed by atoms with E-state index >= 15 is 0 Å². The number of methoxy groups -OCH3 is 1. The molecule has 1 amide bonds. The molecule has 0 fully saturated rings. The van der Waals surface area contributed by atoms with Gasteiger partial charge in [-0.3, -0.25) is 9.36 Å². The Morgan fingerprint density at radius 1 is 1.16 bits per heavy atom. The maximum absolute atomic E-state index is 12.8. The smallest absolute Gasteiger partial charge is 0.253 e. The number of halogens is 2.